The molecule has 0 fully saturated rings. The van der Waals surface area contributed by atoms with Crippen LogP contribution in [0.4, 0.5) is 5.69 Å². The van der Waals surface area contributed by atoms with E-state index in [0.29, 0.717) is 15.2 Å². The van der Waals surface area contributed by atoms with Gasteiger partial charge in [0.1, 0.15) is 5.76 Å². The molecule has 24 heavy (non-hydrogen) atoms. The lowest BCUT2D eigenvalue weighted by atomic mass is 10.2. The minimum atomic E-state index is 0.00889. The first-order valence-corrected chi connectivity index (χ1v) is 8.75. The largest absolute Gasteiger partial charge is 0.467 e. The van der Waals surface area contributed by atoms with E-state index in [1.54, 1.807) is 24.5 Å². The van der Waals surface area contributed by atoms with Crippen molar-refractivity contribution in [3.63, 3.8) is 0 Å². The van der Waals surface area contributed by atoms with Gasteiger partial charge in [-0.15, -0.1) is 0 Å². The number of likely N-dealkylation sites (N-methyl/N-ethyl adjacent to an activating group) is 1. The number of anilines is 1. The van der Waals surface area contributed by atoms with Gasteiger partial charge in [-0.2, -0.15) is 0 Å². The number of hydrogen-bond acceptors (Lipinski definition) is 3. The Kier molecular flexibility index (Phi) is 6.92. The van der Waals surface area contributed by atoms with Gasteiger partial charge in [-0.1, -0.05) is 23.2 Å². The molecular weight excluding hydrogens is 365 g/mol. The summed E-state index contributed by atoms with van der Waals surface area (Å²) in [6.07, 6.45) is 1.67. The Hall–Kier alpha value is -1.27. The maximum absolute atomic E-state index is 6.06. The summed E-state index contributed by atoms with van der Waals surface area (Å²) >= 11 is 17.7. The molecule has 1 unspecified atom stereocenters. The molecule has 0 aliphatic heterocycles. The number of halogens is 2. The number of nitrogens with one attached hydrogen (secondary N) is 1. The molecule has 0 bridgehead atoms. The Balaban J connectivity index is 2.16. The summed E-state index contributed by atoms with van der Waals surface area (Å²) in [6.45, 7) is 3.69. The van der Waals surface area contributed by atoms with Crippen molar-refractivity contribution in [2.24, 2.45) is 0 Å². The van der Waals surface area contributed by atoms with Crippen LogP contribution in [-0.4, -0.2) is 42.1 Å². The van der Waals surface area contributed by atoms with Crippen LogP contribution in [0.25, 0.3) is 0 Å². The predicted octanol–water partition coefficient (Wildman–Crippen LogP) is 4.91. The van der Waals surface area contributed by atoms with Crippen molar-refractivity contribution < 1.29 is 4.42 Å². The SMILES string of the molecule is CC(c1ccco1)N(CCN(C)C)C(=S)Nc1cc(Cl)cc(Cl)c1. The first kappa shape index (κ1) is 19.1. The number of thiocarbonyl (C=S) groups is 1. The fourth-order valence-corrected chi connectivity index (χ4v) is 3.18. The van der Waals surface area contributed by atoms with Crippen LogP contribution in [0.15, 0.2) is 41.0 Å². The molecular formula is C17H21Cl2N3OS. The van der Waals surface area contributed by atoms with Crippen molar-refractivity contribution in [3.8, 4) is 0 Å². The van der Waals surface area contributed by atoms with Crippen LogP contribution in [0.2, 0.25) is 10.0 Å². The molecule has 1 N–H and O–H groups in total. The molecule has 0 spiro atoms. The van der Waals surface area contributed by atoms with Gasteiger partial charge in [-0.3, -0.25) is 0 Å². The Morgan fingerprint density at radius 2 is 1.88 bits per heavy atom. The molecule has 2 rings (SSSR count). The fourth-order valence-electron chi connectivity index (χ4n) is 2.28. The summed E-state index contributed by atoms with van der Waals surface area (Å²) in [5, 5.41) is 4.94. The van der Waals surface area contributed by atoms with Gasteiger partial charge < -0.3 is 19.5 Å². The molecule has 0 saturated heterocycles. The average Bonchev–Trinajstić information content (AvgIpc) is 2.99. The second-order valence-electron chi connectivity index (χ2n) is 5.78. The van der Waals surface area contributed by atoms with Crippen LogP contribution in [0, 0.1) is 0 Å². The van der Waals surface area contributed by atoms with E-state index in [2.05, 4.69) is 22.0 Å². The van der Waals surface area contributed by atoms with Crippen LogP contribution in [0.3, 0.4) is 0 Å². The molecule has 0 saturated carbocycles. The predicted molar refractivity (Wildman–Crippen MR) is 105 cm³/mol. The molecule has 130 valence electrons. The highest BCUT2D eigenvalue weighted by Crippen LogP contribution is 2.25. The Bertz CT molecular complexity index is 656. The van der Waals surface area contributed by atoms with Crippen LogP contribution in [-0.2, 0) is 0 Å². The van der Waals surface area contributed by atoms with Gasteiger partial charge in [0.2, 0.25) is 0 Å². The Morgan fingerprint density at radius 1 is 1.21 bits per heavy atom. The van der Waals surface area contributed by atoms with Gasteiger partial charge in [0.25, 0.3) is 0 Å². The zero-order chi connectivity index (χ0) is 17.7. The number of benzene rings is 1. The maximum atomic E-state index is 6.06. The number of rotatable bonds is 6. The zero-order valence-corrected chi connectivity index (χ0v) is 16.3. The average molecular weight is 386 g/mol. The molecule has 1 aromatic heterocycles. The summed E-state index contributed by atoms with van der Waals surface area (Å²) in [4.78, 5) is 4.20. The minimum Gasteiger partial charge on any atom is -0.467 e. The van der Waals surface area contributed by atoms with E-state index >= 15 is 0 Å². The third-order valence-electron chi connectivity index (χ3n) is 3.59. The Labute approximate surface area is 158 Å². The van der Waals surface area contributed by atoms with Crippen LogP contribution < -0.4 is 5.32 Å². The molecule has 0 aliphatic carbocycles. The van der Waals surface area contributed by atoms with E-state index < -0.39 is 0 Å². The second-order valence-corrected chi connectivity index (χ2v) is 7.04. The standard InChI is InChI=1S/C17H21Cl2N3OS/c1-12(16-5-4-8-23-16)22(7-6-21(2)3)17(24)20-15-10-13(18)9-14(19)11-15/h4-5,8-12H,6-7H2,1-3H3,(H,20,24). The molecule has 1 atom stereocenters. The fraction of sp³-hybridized carbons (Fsp3) is 0.353. The van der Waals surface area contributed by atoms with E-state index in [1.807, 2.05) is 26.2 Å². The quantitative estimate of drug-likeness (QED) is 0.714. The van der Waals surface area contributed by atoms with Crippen molar-refractivity contribution in [3.05, 3.63) is 52.4 Å². The molecule has 4 nitrogen and oxygen atoms in total. The smallest absolute Gasteiger partial charge is 0.174 e. The van der Waals surface area contributed by atoms with Crippen molar-refractivity contribution in [1.29, 1.82) is 0 Å². The van der Waals surface area contributed by atoms with E-state index in [0.717, 1.165) is 24.5 Å². The lowest BCUT2D eigenvalue weighted by Gasteiger charge is -2.31. The first-order valence-electron chi connectivity index (χ1n) is 7.58. The highest BCUT2D eigenvalue weighted by Gasteiger charge is 2.21. The normalized spacial score (nSPS) is 12.2. The molecule has 1 aromatic carbocycles. The van der Waals surface area contributed by atoms with E-state index in [1.165, 1.54) is 0 Å². The van der Waals surface area contributed by atoms with Gasteiger partial charge in [0.15, 0.2) is 5.11 Å². The van der Waals surface area contributed by atoms with Crippen molar-refractivity contribution >= 4 is 46.2 Å². The maximum Gasteiger partial charge on any atom is 0.174 e. The molecule has 0 radical (unpaired) electrons. The summed E-state index contributed by atoms with van der Waals surface area (Å²) in [5.74, 6) is 0.863. The minimum absolute atomic E-state index is 0.00889. The lowest BCUT2D eigenvalue weighted by Crippen LogP contribution is -2.40. The molecule has 1 heterocycles. The van der Waals surface area contributed by atoms with Crippen molar-refractivity contribution in [1.82, 2.24) is 9.80 Å². The number of furan rings is 1. The van der Waals surface area contributed by atoms with Crippen LogP contribution in [0.5, 0.6) is 0 Å². The van der Waals surface area contributed by atoms with Gasteiger partial charge in [-0.25, -0.2) is 0 Å². The van der Waals surface area contributed by atoms with Crippen LogP contribution in [0.1, 0.15) is 18.7 Å². The summed E-state index contributed by atoms with van der Waals surface area (Å²) in [6, 6.07) is 9.11. The number of hydrogen-bond donors (Lipinski definition) is 1. The molecule has 0 amide bonds. The van der Waals surface area contributed by atoms with E-state index in [4.69, 9.17) is 39.8 Å². The Morgan fingerprint density at radius 3 is 2.42 bits per heavy atom. The number of nitrogens with zero attached hydrogens (tertiary/aromatic N) is 2. The topological polar surface area (TPSA) is 31.7 Å². The zero-order valence-electron chi connectivity index (χ0n) is 13.9. The highest BCUT2D eigenvalue weighted by atomic mass is 35.5. The summed E-state index contributed by atoms with van der Waals surface area (Å²) in [7, 11) is 4.06. The molecule has 0 aliphatic rings. The van der Waals surface area contributed by atoms with Crippen molar-refractivity contribution in [2.45, 2.75) is 13.0 Å². The highest BCUT2D eigenvalue weighted by molar-refractivity contribution is 7.80. The second kappa shape index (κ2) is 8.72. The molecule has 2 aromatic rings. The van der Waals surface area contributed by atoms with E-state index in [-0.39, 0.29) is 6.04 Å². The van der Waals surface area contributed by atoms with Gasteiger partial charge in [-0.05, 0) is 63.6 Å². The first-order chi connectivity index (χ1) is 11.4. The van der Waals surface area contributed by atoms with Gasteiger partial charge in [0.05, 0.1) is 12.3 Å². The van der Waals surface area contributed by atoms with Gasteiger partial charge >= 0.3 is 0 Å². The van der Waals surface area contributed by atoms with Gasteiger partial charge in [0, 0.05) is 28.8 Å². The summed E-state index contributed by atoms with van der Waals surface area (Å²) in [5.41, 5.74) is 0.763. The van der Waals surface area contributed by atoms with Crippen molar-refractivity contribution in [2.75, 3.05) is 32.5 Å². The van der Waals surface area contributed by atoms with E-state index in [9.17, 15) is 0 Å². The van der Waals surface area contributed by atoms with Crippen LogP contribution >= 0.6 is 35.4 Å². The third-order valence-corrected chi connectivity index (χ3v) is 4.36. The lowest BCUT2D eigenvalue weighted by molar-refractivity contribution is 0.263. The monoisotopic (exact) mass is 385 g/mol. The summed E-state index contributed by atoms with van der Waals surface area (Å²) < 4.78 is 5.54. The third kappa shape index (κ3) is 5.38. The molecule has 7 heteroatoms.